The normalized spacial score (nSPS) is 17.7. The summed E-state index contributed by atoms with van der Waals surface area (Å²) in [5, 5.41) is 0. The van der Waals surface area contributed by atoms with Crippen molar-refractivity contribution in [2.24, 2.45) is 0 Å². The van der Waals surface area contributed by atoms with Crippen LogP contribution in [0.15, 0.2) is 0 Å². The summed E-state index contributed by atoms with van der Waals surface area (Å²) in [7, 11) is 0. The molecule has 2 aliphatic rings. The summed E-state index contributed by atoms with van der Waals surface area (Å²) in [6.07, 6.45) is 26.8. The van der Waals surface area contributed by atoms with Gasteiger partial charge in [-0.3, -0.25) is 14.5 Å². The first-order chi connectivity index (χ1) is 15.3. The predicted octanol–water partition coefficient (Wildman–Crippen LogP) is 6.86. The molecule has 0 aromatic carbocycles. The monoisotopic (exact) mass is 434 g/mol. The number of amides is 2. The van der Waals surface area contributed by atoms with Crippen LogP contribution in [0.2, 0.25) is 0 Å². The fraction of sp³-hybridized carbons (Fsp3) is 0.926. The highest BCUT2D eigenvalue weighted by atomic mass is 16.2. The fourth-order valence-electron chi connectivity index (χ4n) is 5.14. The van der Waals surface area contributed by atoms with Gasteiger partial charge in [0, 0.05) is 19.4 Å². The third-order valence-corrected chi connectivity index (χ3v) is 7.21. The summed E-state index contributed by atoms with van der Waals surface area (Å²) in [6.45, 7) is 4.70. The molecule has 2 heterocycles. The molecule has 0 radical (unpaired) electrons. The zero-order chi connectivity index (χ0) is 22.0. The van der Waals surface area contributed by atoms with E-state index in [0.29, 0.717) is 19.4 Å². The number of carbonyl (C=O) groups is 2. The average Bonchev–Trinajstić information content (AvgIpc) is 3.11. The predicted molar refractivity (Wildman–Crippen MR) is 130 cm³/mol. The molecule has 0 saturated carbocycles. The van der Waals surface area contributed by atoms with Crippen molar-refractivity contribution in [1.29, 1.82) is 0 Å². The van der Waals surface area contributed by atoms with Crippen molar-refractivity contribution in [3.05, 3.63) is 0 Å². The van der Waals surface area contributed by atoms with Gasteiger partial charge in [-0.05, 0) is 45.3 Å². The molecule has 2 amide bonds. The average molecular weight is 435 g/mol. The maximum atomic E-state index is 11.5. The van der Waals surface area contributed by atoms with Crippen molar-refractivity contribution in [2.75, 3.05) is 26.2 Å². The van der Waals surface area contributed by atoms with Crippen LogP contribution in [0.1, 0.15) is 135 Å². The molecule has 2 saturated heterocycles. The van der Waals surface area contributed by atoms with E-state index in [2.05, 4.69) is 4.90 Å². The van der Waals surface area contributed by atoms with E-state index in [4.69, 9.17) is 0 Å². The van der Waals surface area contributed by atoms with Crippen LogP contribution < -0.4 is 0 Å². The standard InChI is InChI=1S/C27H50N2O2/c30-26-20-21-27(31)29(26)25-19-14-12-10-8-6-4-2-1-3-5-7-9-11-13-16-22-28-23-17-15-18-24-28/h1-25H2. The lowest BCUT2D eigenvalue weighted by atomic mass is 10.0. The maximum absolute atomic E-state index is 11.5. The zero-order valence-corrected chi connectivity index (χ0v) is 20.4. The van der Waals surface area contributed by atoms with Crippen molar-refractivity contribution < 1.29 is 9.59 Å². The summed E-state index contributed by atoms with van der Waals surface area (Å²) in [6, 6.07) is 0. The Labute approximate surface area is 192 Å². The van der Waals surface area contributed by atoms with E-state index in [1.54, 1.807) is 0 Å². The number of hydrogen-bond acceptors (Lipinski definition) is 3. The van der Waals surface area contributed by atoms with Crippen molar-refractivity contribution in [3.8, 4) is 0 Å². The lowest BCUT2D eigenvalue weighted by Crippen LogP contribution is -2.30. The molecule has 0 aromatic rings. The fourth-order valence-corrected chi connectivity index (χ4v) is 5.14. The van der Waals surface area contributed by atoms with Crippen LogP contribution in [0.3, 0.4) is 0 Å². The van der Waals surface area contributed by atoms with Crippen molar-refractivity contribution >= 4 is 11.8 Å². The van der Waals surface area contributed by atoms with Gasteiger partial charge < -0.3 is 4.90 Å². The van der Waals surface area contributed by atoms with Crippen molar-refractivity contribution in [1.82, 2.24) is 9.80 Å². The van der Waals surface area contributed by atoms with Crippen LogP contribution in [-0.4, -0.2) is 47.8 Å². The van der Waals surface area contributed by atoms with Crippen LogP contribution in [0.25, 0.3) is 0 Å². The molecule has 2 fully saturated rings. The molecule has 0 aliphatic carbocycles. The molecular weight excluding hydrogens is 384 g/mol. The van der Waals surface area contributed by atoms with Gasteiger partial charge in [0.05, 0.1) is 0 Å². The molecule has 0 aromatic heterocycles. The summed E-state index contributed by atoms with van der Waals surface area (Å²) in [5.41, 5.74) is 0. The molecule has 0 N–H and O–H groups in total. The van der Waals surface area contributed by atoms with Gasteiger partial charge in [0.15, 0.2) is 0 Å². The van der Waals surface area contributed by atoms with Crippen LogP contribution in [-0.2, 0) is 9.59 Å². The molecule has 0 bridgehead atoms. The second-order valence-electron chi connectivity index (χ2n) is 10.00. The number of imide groups is 1. The highest BCUT2D eigenvalue weighted by Gasteiger charge is 2.27. The van der Waals surface area contributed by atoms with Gasteiger partial charge in [-0.15, -0.1) is 0 Å². The molecule has 0 atom stereocenters. The summed E-state index contributed by atoms with van der Waals surface area (Å²) in [4.78, 5) is 27.2. The Bertz CT molecular complexity index is 458. The lowest BCUT2D eigenvalue weighted by Gasteiger charge is -2.26. The molecule has 0 unspecified atom stereocenters. The van der Waals surface area contributed by atoms with E-state index in [-0.39, 0.29) is 11.8 Å². The summed E-state index contributed by atoms with van der Waals surface area (Å²) < 4.78 is 0. The Morgan fingerprint density at radius 3 is 1.23 bits per heavy atom. The molecule has 4 nitrogen and oxygen atoms in total. The van der Waals surface area contributed by atoms with Gasteiger partial charge >= 0.3 is 0 Å². The van der Waals surface area contributed by atoms with Gasteiger partial charge in [-0.1, -0.05) is 96.3 Å². The second kappa shape index (κ2) is 17.6. The molecule has 2 aliphatic heterocycles. The van der Waals surface area contributed by atoms with E-state index in [1.165, 1.54) is 134 Å². The Morgan fingerprint density at radius 2 is 0.806 bits per heavy atom. The summed E-state index contributed by atoms with van der Waals surface area (Å²) >= 11 is 0. The minimum Gasteiger partial charge on any atom is -0.303 e. The van der Waals surface area contributed by atoms with Crippen LogP contribution in [0.4, 0.5) is 0 Å². The van der Waals surface area contributed by atoms with Gasteiger partial charge in [0.1, 0.15) is 0 Å². The highest BCUT2D eigenvalue weighted by molar-refractivity contribution is 6.01. The van der Waals surface area contributed by atoms with Gasteiger partial charge in [-0.2, -0.15) is 0 Å². The smallest absolute Gasteiger partial charge is 0.229 e. The van der Waals surface area contributed by atoms with Crippen LogP contribution >= 0.6 is 0 Å². The molecule has 4 heteroatoms. The number of likely N-dealkylation sites (tertiary alicyclic amines) is 2. The van der Waals surface area contributed by atoms with E-state index in [1.807, 2.05) is 0 Å². The third kappa shape index (κ3) is 12.7. The van der Waals surface area contributed by atoms with Crippen LogP contribution in [0.5, 0.6) is 0 Å². The number of hydrogen-bond donors (Lipinski definition) is 0. The molecule has 31 heavy (non-hydrogen) atoms. The SMILES string of the molecule is O=C1CCC(=O)N1CCCCCCCCCCCCCCCCCCN1CCCCC1. The Balaban J connectivity index is 1.22. The second-order valence-corrected chi connectivity index (χ2v) is 10.00. The number of rotatable bonds is 19. The van der Waals surface area contributed by atoms with Crippen molar-refractivity contribution in [3.63, 3.8) is 0 Å². The first kappa shape index (κ1) is 26.4. The number of nitrogens with zero attached hydrogens (tertiary/aromatic N) is 2. The zero-order valence-electron chi connectivity index (χ0n) is 20.4. The summed E-state index contributed by atoms with van der Waals surface area (Å²) in [5.74, 6) is 0.0708. The quantitative estimate of drug-likeness (QED) is 0.165. The Morgan fingerprint density at radius 1 is 0.452 bits per heavy atom. The number of unbranched alkanes of at least 4 members (excludes halogenated alkanes) is 15. The van der Waals surface area contributed by atoms with Crippen LogP contribution in [0, 0.1) is 0 Å². The molecule has 0 spiro atoms. The largest absolute Gasteiger partial charge is 0.303 e. The Hall–Kier alpha value is -0.900. The third-order valence-electron chi connectivity index (χ3n) is 7.21. The van der Waals surface area contributed by atoms with E-state index >= 15 is 0 Å². The molecule has 2 rings (SSSR count). The first-order valence-electron chi connectivity index (χ1n) is 13.8. The van der Waals surface area contributed by atoms with Gasteiger partial charge in [0.25, 0.3) is 0 Å². The number of piperidine rings is 1. The number of carbonyl (C=O) groups excluding carboxylic acids is 2. The minimum absolute atomic E-state index is 0.0354. The van der Waals surface area contributed by atoms with E-state index < -0.39 is 0 Å². The lowest BCUT2D eigenvalue weighted by molar-refractivity contribution is -0.138. The van der Waals surface area contributed by atoms with Crippen molar-refractivity contribution in [2.45, 2.75) is 135 Å². The molecule has 180 valence electrons. The van der Waals surface area contributed by atoms with Gasteiger partial charge in [-0.25, -0.2) is 0 Å². The first-order valence-corrected chi connectivity index (χ1v) is 13.8. The highest BCUT2D eigenvalue weighted by Crippen LogP contribution is 2.16. The minimum atomic E-state index is 0.0354. The maximum Gasteiger partial charge on any atom is 0.229 e. The van der Waals surface area contributed by atoms with E-state index in [9.17, 15) is 9.59 Å². The molecular formula is C27H50N2O2. The van der Waals surface area contributed by atoms with E-state index in [0.717, 1.165) is 12.8 Å². The topological polar surface area (TPSA) is 40.6 Å². The Kier molecular flexibility index (Phi) is 15.0. The van der Waals surface area contributed by atoms with Gasteiger partial charge in [0.2, 0.25) is 11.8 Å².